The minimum atomic E-state index is -0.889. The molecule has 5 nitrogen and oxygen atoms in total. The summed E-state index contributed by atoms with van der Waals surface area (Å²) in [5.74, 6) is -0.851. The second kappa shape index (κ2) is 6.61. The van der Waals surface area contributed by atoms with Gasteiger partial charge in [0.15, 0.2) is 0 Å². The fourth-order valence-corrected chi connectivity index (χ4v) is 2.46. The van der Waals surface area contributed by atoms with E-state index < -0.39 is 12.0 Å². The number of aliphatic carboxylic acids is 1. The van der Waals surface area contributed by atoms with E-state index in [0.29, 0.717) is 19.6 Å². The maximum Gasteiger partial charge on any atom is 0.326 e. The van der Waals surface area contributed by atoms with Gasteiger partial charge >= 0.3 is 12.0 Å². The van der Waals surface area contributed by atoms with Crippen molar-refractivity contribution >= 4 is 12.0 Å². The molecule has 18 heavy (non-hydrogen) atoms. The minimum absolute atomic E-state index is 0.0383. The first-order valence-electron chi connectivity index (χ1n) is 6.81. The quantitative estimate of drug-likeness (QED) is 0.818. The molecule has 1 rings (SSSR count). The second-order valence-corrected chi connectivity index (χ2v) is 4.96. The highest BCUT2D eigenvalue weighted by molar-refractivity contribution is 5.83. The lowest BCUT2D eigenvalue weighted by atomic mass is 10.0. The number of hydrogen-bond donors (Lipinski definition) is 1. The number of carbonyl (C=O) groups excluding carboxylic acids is 1. The highest BCUT2D eigenvalue weighted by atomic mass is 16.4. The average molecular weight is 256 g/mol. The molecule has 1 saturated heterocycles. The van der Waals surface area contributed by atoms with E-state index in [1.807, 2.05) is 13.8 Å². The molecule has 0 aliphatic carbocycles. The Morgan fingerprint density at radius 1 is 1.39 bits per heavy atom. The van der Waals surface area contributed by atoms with Gasteiger partial charge in [-0.2, -0.15) is 0 Å². The van der Waals surface area contributed by atoms with Gasteiger partial charge in [-0.3, -0.25) is 0 Å². The Morgan fingerprint density at radius 2 is 2.06 bits per heavy atom. The highest BCUT2D eigenvalue weighted by Gasteiger charge is 2.40. The van der Waals surface area contributed by atoms with Gasteiger partial charge in [-0.05, 0) is 25.7 Å². The Bertz CT molecular complexity index is 307. The van der Waals surface area contributed by atoms with Gasteiger partial charge in [-0.15, -0.1) is 0 Å². The predicted molar refractivity (Wildman–Crippen MR) is 69.5 cm³/mol. The Morgan fingerprint density at radius 3 is 2.56 bits per heavy atom. The largest absolute Gasteiger partial charge is 0.480 e. The zero-order valence-corrected chi connectivity index (χ0v) is 11.6. The zero-order chi connectivity index (χ0) is 13.7. The van der Waals surface area contributed by atoms with Gasteiger partial charge in [0, 0.05) is 19.6 Å². The van der Waals surface area contributed by atoms with Gasteiger partial charge < -0.3 is 14.9 Å². The molecule has 2 unspecified atom stereocenters. The van der Waals surface area contributed by atoms with Crippen molar-refractivity contribution < 1.29 is 14.7 Å². The van der Waals surface area contributed by atoms with Crippen LogP contribution in [0.4, 0.5) is 4.79 Å². The minimum Gasteiger partial charge on any atom is -0.480 e. The molecule has 1 aliphatic rings. The van der Waals surface area contributed by atoms with Gasteiger partial charge in [0.25, 0.3) is 0 Å². The van der Waals surface area contributed by atoms with Crippen LogP contribution >= 0.6 is 0 Å². The third kappa shape index (κ3) is 3.15. The van der Waals surface area contributed by atoms with Crippen molar-refractivity contribution in [2.75, 3.05) is 19.6 Å². The summed E-state index contributed by atoms with van der Waals surface area (Å²) >= 11 is 0. The molecule has 1 fully saturated rings. The number of carbonyl (C=O) groups is 2. The normalized spacial score (nSPS) is 23.2. The maximum absolute atomic E-state index is 12.3. The maximum atomic E-state index is 12.3. The molecule has 1 N–H and O–H groups in total. The Labute approximate surface area is 109 Å². The Hall–Kier alpha value is -1.26. The first-order valence-corrected chi connectivity index (χ1v) is 6.81. The number of rotatable bonds is 5. The van der Waals surface area contributed by atoms with Crippen LogP contribution in [0.25, 0.3) is 0 Å². The predicted octanol–water partition coefficient (Wildman–Crippen LogP) is 2.02. The molecule has 1 heterocycles. The molecule has 0 spiro atoms. The number of unbranched alkanes of at least 4 members (excludes halogenated alkanes) is 1. The van der Waals surface area contributed by atoms with Crippen LogP contribution < -0.4 is 0 Å². The number of carboxylic acids is 1. The number of nitrogens with zero attached hydrogens (tertiary/aromatic N) is 2. The topological polar surface area (TPSA) is 60.9 Å². The molecule has 5 heteroatoms. The molecule has 0 aromatic rings. The smallest absolute Gasteiger partial charge is 0.326 e. The van der Waals surface area contributed by atoms with Crippen LogP contribution in [0.3, 0.4) is 0 Å². The van der Waals surface area contributed by atoms with E-state index in [1.165, 1.54) is 4.90 Å². The van der Waals surface area contributed by atoms with Gasteiger partial charge in [0.2, 0.25) is 0 Å². The van der Waals surface area contributed by atoms with Gasteiger partial charge in [-0.1, -0.05) is 20.3 Å². The van der Waals surface area contributed by atoms with Crippen LogP contribution in [0.2, 0.25) is 0 Å². The van der Waals surface area contributed by atoms with Crippen molar-refractivity contribution in [3.63, 3.8) is 0 Å². The Balaban J connectivity index is 2.72. The number of carboxylic acid groups (broad SMARTS) is 1. The Kier molecular flexibility index (Phi) is 5.44. The van der Waals surface area contributed by atoms with Crippen LogP contribution in [0, 0.1) is 5.92 Å². The van der Waals surface area contributed by atoms with Gasteiger partial charge in [0.05, 0.1) is 0 Å². The number of hydrogen-bond acceptors (Lipinski definition) is 2. The average Bonchev–Trinajstić information content (AvgIpc) is 2.71. The van der Waals surface area contributed by atoms with Crippen molar-refractivity contribution in [1.29, 1.82) is 0 Å². The van der Waals surface area contributed by atoms with Crippen LogP contribution in [-0.4, -0.2) is 52.6 Å². The van der Waals surface area contributed by atoms with Gasteiger partial charge in [-0.25, -0.2) is 9.59 Å². The van der Waals surface area contributed by atoms with Crippen LogP contribution in [-0.2, 0) is 4.79 Å². The lowest BCUT2D eigenvalue weighted by Crippen LogP contribution is -2.49. The summed E-state index contributed by atoms with van der Waals surface area (Å²) in [6.07, 6.45) is 2.76. The van der Waals surface area contributed by atoms with Crippen molar-refractivity contribution in [1.82, 2.24) is 9.80 Å². The monoisotopic (exact) mass is 256 g/mol. The molecule has 0 bridgehead atoms. The molecule has 0 radical (unpaired) electrons. The van der Waals surface area contributed by atoms with Crippen molar-refractivity contribution in [3.8, 4) is 0 Å². The highest BCUT2D eigenvalue weighted by Crippen LogP contribution is 2.25. The standard InChI is InChI=1S/C13H24N2O3/c1-4-6-8-14(5-2)13(18)15-9-7-10(3)11(15)12(16)17/h10-11H,4-9H2,1-3H3,(H,16,17). The molecule has 2 amide bonds. The first-order chi connectivity index (χ1) is 8.52. The van der Waals surface area contributed by atoms with E-state index in [9.17, 15) is 14.7 Å². The first kappa shape index (κ1) is 14.8. The van der Waals surface area contributed by atoms with Crippen LogP contribution in [0.5, 0.6) is 0 Å². The summed E-state index contributed by atoms with van der Waals surface area (Å²) in [4.78, 5) is 26.8. The zero-order valence-electron chi connectivity index (χ0n) is 11.6. The lowest BCUT2D eigenvalue weighted by Gasteiger charge is -2.30. The van der Waals surface area contributed by atoms with E-state index in [1.54, 1.807) is 4.90 Å². The summed E-state index contributed by atoms with van der Waals surface area (Å²) in [5.41, 5.74) is 0. The molecule has 0 saturated carbocycles. The van der Waals surface area contributed by atoms with Crippen LogP contribution in [0.15, 0.2) is 0 Å². The molecule has 0 aromatic heterocycles. The SMILES string of the molecule is CCCCN(CC)C(=O)N1CCC(C)C1C(=O)O. The fourth-order valence-electron chi connectivity index (χ4n) is 2.46. The lowest BCUT2D eigenvalue weighted by molar-refractivity contribution is -0.142. The molecule has 1 aliphatic heterocycles. The molecule has 0 aromatic carbocycles. The number of likely N-dealkylation sites (tertiary alicyclic amines) is 1. The summed E-state index contributed by atoms with van der Waals surface area (Å²) in [6.45, 7) is 7.81. The number of amides is 2. The van der Waals surface area contributed by atoms with E-state index in [4.69, 9.17) is 0 Å². The van der Waals surface area contributed by atoms with Gasteiger partial charge in [0.1, 0.15) is 6.04 Å². The molecular formula is C13H24N2O3. The summed E-state index contributed by atoms with van der Waals surface area (Å²) in [5, 5.41) is 9.22. The summed E-state index contributed by atoms with van der Waals surface area (Å²) < 4.78 is 0. The summed E-state index contributed by atoms with van der Waals surface area (Å²) in [6, 6.07) is -0.782. The third-order valence-corrected chi connectivity index (χ3v) is 3.63. The number of urea groups is 1. The molecular weight excluding hydrogens is 232 g/mol. The van der Waals surface area contributed by atoms with Crippen LogP contribution in [0.1, 0.15) is 40.0 Å². The van der Waals surface area contributed by atoms with E-state index in [2.05, 4.69) is 6.92 Å². The van der Waals surface area contributed by atoms with Crippen molar-refractivity contribution in [2.45, 2.75) is 46.1 Å². The van der Waals surface area contributed by atoms with E-state index >= 15 is 0 Å². The second-order valence-electron chi connectivity index (χ2n) is 4.96. The van der Waals surface area contributed by atoms with E-state index in [0.717, 1.165) is 19.3 Å². The fraction of sp³-hybridized carbons (Fsp3) is 0.846. The van der Waals surface area contributed by atoms with E-state index in [-0.39, 0.29) is 11.9 Å². The molecule has 2 atom stereocenters. The third-order valence-electron chi connectivity index (χ3n) is 3.63. The van der Waals surface area contributed by atoms with Crippen molar-refractivity contribution in [3.05, 3.63) is 0 Å². The summed E-state index contributed by atoms with van der Waals surface area (Å²) in [7, 11) is 0. The van der Waals surface area contributed by atoms with Crippen molar-refractivity contribution in [2.24, 2.45) is 5.92 Å². The molecule has 104 valence electrons.